The fraction of sp³-hybridized carbons (Fsp3) is 0.389. The molecule has 1 spiro atoms. The van der Waals surface area contributed by atoms with Gasteiger partial charge in [0.05, 0.1) is 18.8 Å². The van der Waals surface area contributed by atoms with Gasteiger partial charge in [-0.25, -0.2) is 9.97 Å². The monoisotopic (exact) mass is 340 g/mol. The van der Waals surface area contributed by atoms with Crippen LogP contribution in [0, 0.1) is 0 Å². The smallest absolute Gasteiger partial charge is 0.248 e. The van der Waals surface area contributed by atoms with Gasteiger partial charge in [0.25, 0.3) is 0 Å². The molecule has 7 heteroatoms. The van der Waals surface area contributed by atoms with Crippen LogP contribution in [0.5, 0.6) is 0 Å². The van der Waals surface area contributed by atoms with Crippen LogP contribution in [0.4, 0.5) is 11.6 Å². The second-order valence-electron chi connectivity index (χ2n) is 6.34. The number of carbonyl (C=O) groups is 1. The third-order valence-corrected chi connectivity index (χ3v) is 4.68. The number of likely N-dealkylation sites (tertiary alicyclic amines) is 1. The van der Waals surface area contributed by atoms with Crippen molar-refractivity contribution < 1.29 is 14.3 Å². The molecule has 1 aromatic heterocycles. The minimum Gasteiger partial charge on any atom is -0.375 e. The van der Waals surface area contributed by atoms with E-state index in [1.165, 1.54) is 7.11 Å². The van der Waals surface area contributed by atoms with E-state index in [-0.39, 0.29) is 12.5 Å². The van der Waals surface area contributed by atoms with Crippen molar-refractivity contribution in [3.63, 3.8) is 0 Å². The van der Waals surface area contributed by atoms with Crippen LogP contribution in [0.25, 0.3) is 0 Å². The lowest BCUT2D eigenvalue weighted by atomic mass is 9.98. The summed E-state index contributed by atoms with van der Waals surface area (Å²) in [4.78, 5) is 23.0. The van der Waals surface area contributed by atoms with Crippen molar-refractivity contribution in [3.8, 4) is 0 Å². The molecule has 1 amide bonds. The van der Waals surface area contributed by atoms with E-state index in [1.807, 2.05) is 36.5 Å². The first-order valence-electron chi connectivity index (χ1n) is 8.29. The fourth-order valence-electron chi connectivity index (χ4n) is 3.42. The van der Waals surface area contributed by atoms with E-state index in [4.69, 9.17) is 14.5 Å². The SMILES string of the molecule is COCC(=O)N1CC[C@]2(C1)OCc1cnc(Nc3ccccc3)nc12. The number of aromatic nitrogens is 2. The van der Waals surface area contributed by atoms with Gasteiger partial charge in [0.1, 0.15) is 12.2 Å². The van der Waals surface area contributed by atoms with Gasteiger partial charge in [-0.15, -0.1) is 0 Å². The van der Waals surface area contributed by atoms with Gasteiger partial charge in [-0.3, -0.25) is 4.79 Å². The summed E-state index contributed by atoms with van der Waals surface area (Å²) in [6.45, 7) is 1.72. The van der Waals surface area contributed by atoms with E-state index in [9.17, 15) is 4.79 Å². The van der Waals surface area contributed by atoms with Crippen LogP contribution in [0.2, 0.25) is 0 Å². The summed E-state index contributed by atoms with van der Waals surface area (Å²) >= 11 is 0. The van der Waals surface area contributed by atoms with Crippen LogP contribution in [0.3, 0.4) is 0 Å². The number of para-hydroxylation sites is 1. The molecule has 3 heterocycles. The molecule has 0 aliphatic carbocycles. The number of nitrogens with one attached hydrogen (secondary N) is 1. The minimum absolute atomic E-state index is 0.0203. The van der Waals surface area contributed by atoms with Crippen LogP contribution in [-0.4, -0.2) is 47.6 Å². The average molecular weight is 340 g/mol. The lowest BCUT2D eigenvalue weighted by Crippen LogP contribution is -2.36. The quantitative estimate of drug-likeness (QED) is 0.915. The number of rotatable bonds is 4. The van der Waals surface area contributed by atoms with Gasteiger partial charge in [0.15, 0.2) is 0 Å². The molecule has 4 rings (SSSR count). The first kappa shape index (κ1) is 16.0. The number of methoxy groups -OCH3 is 1. The molecular formula is C18H20N4O3. The largest absolute Gasteiger partial charge is 0.375 e. The summed E-state index contributed by atoms with van der Waals surface area (Å²) in [5.41, 5.74) is 2.27. The number of benzene rings is 1. The highest BCUT2D eigenvalue weighted by atomic mass is 16.5. The first-order chi connectivity index (χ1) is 12.2. The Morgan fingerprint density at radius 1 is 1.40 bits per heavy atom. The van der Waals surface area contributed by atoms with Crippen molar-refractivity contribution in [2.45, 2.75) is 18.6 Å². The maximum absolute atomic E-state index is 12.1. The number of nitrogens with zero attached hydrogens (tertiary/aromatic N) is 3. The summed E-state index contributed by atoms with van der Waals surface area (Å²) in [7, 11) is 1.53. The molecular weight excluding hydrogens is 320 g/mol. The zero-order valence-corrected chi connectivity index (χ0v) is 14.1. The Kier molecular flexibility index (Phi) is 4.10. The van der Waals surface area contributed by atoms with Gasteiger partial charge < -0.3 is 19.7 Å². The highest BCUT2D eigenvalue weighted by molar-refractivity contribution is 5.78. The maximum atomic E-state index is 12.1. The van der Waals surface area contributed by atoms with Crippen molar-refractivity contribution in [2.24, 2.45) is 0 Å². The van der Waals surface area contributed by atoms with Crippen LogP contribution >= 0.6 is 0 Å². The molecule has 7 nitrogen and oxygen atoms in total. The van der Waals surface area contributed by atoms with Crippen molar-refractivity contribution in [3.05, 3.63) is 47.8 Å². The lowest BCUT2D eigenvalue weighted by molar-refractivity contribution is -0.135. The van der Waals surface area contributed by atoms with Gasteiger partial charge in [-0.1, -0.05) is 18.2 Å². The zero-order chi connectivity index (χ0) is 17.3. The third-order valence-electron chi connectivity index (χ3n) is 4.68. The molecule has 2 aliphatic rings. The fourth-order valence-corrected chi connectivity index (χ4v) is 3.42. The van der Waals surface area contributed by atoms with Crippen LogP contribution in [-0.2, 0) is 26.5 Å². The Labute approximate surface area is 146 Å². The number of ether oxygens (including phenoxy) is 2. The predicted molar refractivity (Wildman–Crippen MR) is 91.3 cm³/mol. The Morgan fingerprint density at radius 3 is 3.04 bits per heavy atom. The average Bonchev–Trinajstić information content (AvgIpc) is 3.22. The molecule has 0 unspecified atom stereocenters. The van der Waals surface area contributed by atoms with Crippen molar-refractivity contribution >= 4 is 17.5 Å². The highest BCUT2D eigenvalue weighted by Crippen LogP contribution is 2.42. The third kappa shape index (κ3) is 2.96. The first-order valence-corrected chi connectivity index (χ1v) is 8.29. The topological polar surface area (TPSA) is 76.6 Å². The van der Waals surface area contributed by atoms with Gasteiger partial charge in [-0.2, -0.15) is 0 Å². The van der Waals surface area contributed by atoms with E-state index in [1.54, 1.807) is 4.90 Å². The molecule has 130 valence electrons. The molecule has 2 aliphatic heterocycles. The van der Waals surface area contributed by atoms with E-state index >= 15 is 0 Å². The second kappa shape index (κ2) is 6.42. The molecule has 0 radical (unpaired) electrons. The zero-order valence-electron chi connectivity index (χ0n) is 14.1. The Hall–Kier alpha value is -2.51. The maximum Gasteiger partial charge on any atom is 0.248 e. The van der Waals surface area contributed by atoms with E-state index in [2.05, 4.69) is 10.3 Å². The molecule has 25 heavy (non-hydrogen) atoms. The van der Waals surface area contributed by atoms with Crippen LogP contribution < -0.4 is 5.32 Å². The minimum atomic E-state index is -0.533. The van der Waals surface area contributed by atoms with E-state index in [0.717, 1.165) is 23.4 Å². The number of hydrogen-bond acceptors (Lipinski definition) is 6. The van der Waals surface area contributed by atoms with E-state index in [0.29, 0.717) is 25.6 Å². The Bertz CT molecular complexity index is 783. The Morgan fingerprint density at radius 2 is 2.24 bits per heavy atom. The normalized spacial score (nSPS) is 21.6. The summed E-state index contributed by atoms with van der Waals surface area (Å²) in [5.74, 6) is 0.518. The number of fused-ring (bicyclic) bond motifs is 2. The second-order valence-corrected chi connectivity index (χ2v) is 6.34. The predicted octanol–water partition coefficient (Wildman–Crippen LogP) is 1.82. The van der Waals surface area contributed by atoms with Crippen LogP contribution in [0.1, 0.15) is 17.7 Å². The summed E-state index contributed by atoms with van der Waals surface area (Å²) in [6, 6.07) is 9.79. The lowest BCUT2D eigenvalue weighted by Gasteiger charge is -2.24. The summed E-state index contributed by atoms with van der Waals surface area (Å²) < 4.78 is 11.0. The number of carbonyl (C=O) groups excluding carboxylic acids is 1. The van der Waals surface area contributed by atoms with Crippen molar-refractivity contribution in [1.82, 2.24) is 14.9 Å². The van der Waals surface area contributed by atoms with E-state index < -0.39 is 5.60 Å². The van der Waals surface area contributed by atoms with Gasteiger partial charge in [0.2, 0.25) is 11.9 Å². The molecule has 1 atom stereocenters. The molecule has 1 saturated heterocycles. The standard InChI is InChI=1S/C18H20N4O3/c1-24-11-15(23)22-8-7-18(12-22)16-13(10-25-18)9-19-17(21-16)20-14-5-3-2-4-6-14/h2-6,9H,7-8,10-12H2,1H3,(H,19,20,21)/t18-/m1/s1. The molecule has 1 aromatic carbocycles. The summed E-state index contributed by atoms with van der Waals surface area (Å²) in [6.07, 6.45) is 2.54. The molecule has 1 fully saturated rings. The number of anilines is 2. The van der Waals surface area contributed by atoms with Gasteiger partial charge in [0, 0.05) is 37.5 Å². The molecule has 0 bridgehead atoms. The van der Waals surface area contributed by atoms with Crippen molar-refractivity contribution in [1.29, 1.82) is 0 Å². The molecule has 1 N–H and O–H groups in total. The molecule has 0 saturated carbocycles. The summed E-state index contributed by atoms with van der Waals surface area (Å²) in [5, 5.41) is 3.22. The number of amides is 1. The molecule has 2 aromatic rings. The van der Waals surface area contributed by atoms with Crippen LogP contribution in [0.15, 0.2) is 36.5 Å². The van der Waals surface area contributed by atoms with Gasteiger partial charge >= 0.3 is 0 Å². The highest BCUT2D eigenvalue weighted by Gasteiger charge is 2.48. The number of hydrogen-bond donors (Lipinski definition) is 1. The van der Waals surface area contributed by atoms with Gasteiger partial charge in [-0.05, 0) is 12.1 Å². The van der Waals surface area contributed by atoms with Crippen molar-refractivity contribution in [2.75, 3.05) is 32.1 Å². The Balaban J connectivity index is 1.57.